The summed E-state index contributed by atoms with van der Waals surface area (Å²) >= 11 is 0. The van der Waals surface area contributed by atoms with Gasteiger partial charge in [0.2, 0.25) is 0 Å². The predicted octanol–water partition coefficient (Wildman–Crippen LogP) is 4.45. The van der Waals surface area contributed by atoms with Crippen molar-refractivity contribution in [3.63, 3.8) is 0 Å². The van der Waals surface area contributed by atoms with Crippen LogP contribution in [0.1, 0.15) is 54.8 Å². The van der Waals surface area contributed by atoms with Gasteiger partial charge in [0, 0.05) is 12.1 Å². The Hall–Kier alpha value is -2.33. The van der Waals surface area contributed by atoms with E-state index in [0.29, 0.717) is 23.8 Å². The number of nitrogens with one attached hydrogen (secondary N) is 1. The average Bonchev–Trinajstić information content (AvgIpc) is 3.09. The number of benzene rings is 2. The minimum absolute atomic E-state index is 0.299. The van der Waals surface area contributed by atoms with Crippen molar-refractivity contribution in [1.82, 2.24) is 5.32 Å². The molecule has 26 heavy (non-hydrogen) atoms. The van der Waals surface area contributed by atoms with Gasteiger partial charge in [0.05, 0.1) is 0 Å². The number of carbonyl (C=O) groups is 1. The number of rotatable bonds is 7. The van der Waals surface area contributed by atoms with Crippen LogP contribution in [-0.4, -0.2) is 23.7 Å². The molecule has 2 aromatic carbocycles. The largest absolute Gasteiger partial charge is 0.482 e. The van der Waals surface area contributed by atoms with Gasteiger partial charge >= 0.3 is 5.97 Å². The van der Waals surface area contributed by atoms with Crippen LogP contribution in [0.2, 0.25) is 0 Å². The molecule has 0 spiro atoms. The molecule has 3 rings (SSSR count). The Morgan fingerprint density at radius 3 is 2.81 bits per heavy atom. The molecule has 0 bridgehead atoms. The van der Waals surface area contributed by atoms with Gasteiger partial charge in [-0.1, -0.05) is 42.0 Å². The molecule has 2 N–H and O–H groups in total. The van der Waals surface area contributed by atoms with Gasteiger partial charge in [-0.3, -0.25) is 0 Å². The number of carboxylic acid groups (broad SMARTS) is 1. The molecule has 0 aliphatic heterocycles. The highest BCUT2D eigenvalue weighted by atomic mass is 16.5. The van der Waals surface area contributed by atoms with Crippen molar-refractivity contribution in [3.8, 4) is 5.75 Å². The first-order valence-electron chi connectivity index (χ1n) is 9.28. The first-order valence-corrected chi connectivity index (χ1v) is 9.28. The van der Waals surface area contributed by atoms with Crippen LogP contribution in [-0.2, 0) is 4.79 Å². The highest BCUT2D eigenvalue weighted by Crippen LogP contribution is 2.36. The molecule has 3 unspecified atom stereocenters. The van der Waals surface area contributed by atoms with E-state index >= 15 is 0 Å². The van der Waals surface area contributed by atoms with Crippen LogP contribution in [0, 0.1) is 6.92 Å². The van der Waals surface area contributed by atoms with E-state index in [2.05, 4.69) is 49.5 Å². The lowest BCUT2D eigenvalue weighted by Crippen LogP contribution is -2.29. The number of aryl methyl sites for hydroxylation is 1. The summed E-state index contributed by atoms with van der Waals surface area (Å²) in [6, 6.07) is 17.4. The zero-order valence-corrected chi connectivity index (χ0v) is 15.4. The molecule has 4 nitrogen and oxygen atoms in total. The maximum absolute atomic E-state index is 10.7. The zero-order chi connectivity index (χ0) is 18.5. The van der Waals surface area contributed by atoms with E-state index in [9.17, 15) is 4.79 Å². The molecule has 0 aromatic heterocycles. The average molecular weight is 353 g/mol. The molecule has 3 atom stereocenters. The third-order valence-corrected chi connectivity index (χ3v) is 5.15. The van der Waals surface area contributed by atoms with Crippen molar-refractivity contribution in [1.29, 1.82) is 0 Å². The molecule has 1 aliphatic carbocycles. The van der Waals surface area contributed by atoms with Gasteiger partial charge in [-0.05, 0) is 62.3 Å². The zero-order valence-electron chi connectivity index (χ0n) is 15.4. The molecular formula is C22H27NO3. The van der Waals surface area contributed by atoms with Crippen LogP contribution in [0.5, 0.6) is 5.75 Å². The summed E-state index contributed by atoms with van der Waals surface area (Å²) in [4.78, 5) is 10.7. The van der Waals surface area contributed by atoms with Crippen LogP contribution in [0.4, 0.5) is 0 Å². The standard InChI is InChI=1S/C22H27NO3/c1-15-5-3-6-17(11-15)16(2)23-20-10-9-19(12-20)18-7-4-8-21(13-18)26-14-22(24)25/h3-8,11,13,16,19-20,23H,9-10,12,14H2,1-2H3,(H,24,25). The molecule has 0 radical (unpaired) electrons. The number of carboxylic acids is 1. The molecule has 4 heteroatoms. The molecule has 2 aromatic rings. The van der Waals surface area contributed by atoms with E-state index < -0.39 is 5.97 Å². The van der Waals surface area contributed by atoms with Crippen molar-refractivity contribution in [2.24, 2.45) is 0 Å². The fraction of sp³-hybridized carbons (Fsp3) is 0.409. The fourth-order valence-corrected chi connectivity index (χ4v) is 3.83. The quantitative estimate of drug-likeness (QED) is 0.772. The Balaban J connectivity index is 1.58. The van der Waals surface area contributed by atoms with Crippen molar-refractivity contribution in [2.75, 3.05) is 6.61 Å². The van der Waals surface area contributed by atoms with E-state index in [1.54, 1.807) is 0 Å². The monoisotopic (exact) mass is 353 g/mol. The van der Waals surface area contributed by atoms with Gasteiger partial charge < -0.3 is 15.2 Å². The topological polar surface area (TPSA) is 58.6 Å². The molecule has 138 valence electrons. The lowest BCUT2D eigenvalue weighted by molar-refractivity contribution is -0.139. The first kappa shape index (κ1) is 18.5. The van der Waals surface area contributed by atoms with Crippen LogP contribution >= 0.6 is 0 Å². The number of hydrogen-bond acceptors (Lipinski definition) is 3. The summed E-state index contributed by atoms with van der Waals surface area (Å²) in [6.07, 6.45) is 3.39. The van der Waals surface area contributed by atoms with Gasteiger partial charge in [-0.25, -0.2) is 4.79 Å². The van der Waals surface area contributed by atoms with E-state index in [1.807, 2.05) is 18.2 Å². The van der Waals surface area contributed by atoms with Crippen molar-refractivity contribution >= 4 is 5.97 Å². The highest BCUT2D eigenvalue weighted by Gasteiger charge is 2.27. The number of aliphatic carboxylic acids is 1. The SMILES string of the molecule is Cc1cccc(C(C)NC2CCC(c3cccc(OCC(=O)O)c3)C2)c1. The highest BCUT2D eigenvalue weighted by molar-refractivity contribution is 5.68. The van der Waals surface area contributed by atoms with E-state index in [1.165, 1.54) is 16.7 Å². The molecule has 1 aliphatic rings. The second kappa shape index (κ2) is 8.37. The Labute approximate surface area is 155 Å². The van der Waals surface area contributed by atoms with Gasteiger partial charge in [0.1, 0.15) is 5.75 Å². The molecule has 1 fully saturated rings. The summed E-state index contributed by atoms with van der Waals surface area (Å²) in [5.41, 5.74) is 3.86. The normalized spacial score (nSPS) is 20.7. The molecule has 0 amide bonds. The summed E-state index contributed by atoms with van der Waals surface area (Å²) in [7, 11) is 0. The van der Waals surface area contributed by atoms with Crippen molar-refractivity contribution in [3.05, 3.63) is 65.2 Å². The predicted molar refractivity (Wildman–Crippen MR) is 103 cm³/mol. The van der Waals surface area contributed by atoms with Gasteiger partial charge in [0.25, 0.3) is 0 Å². The van der Waals surface area contributed by atoms with E-state index in [0.717, 1.165) is 19.3 Å². The Bertz CT molecular complexity index is 759. The van der Waals surface area contributed by atoms with E-state index in [-0.39, 0.29) is 6.61 Å². The second-order valence-electron chi connectivity index (χ2n) is 7.26. The van der Waals surface area contributed by atoms with Gasteiger partial charge in [-0.2, -0.15) is 0 Å². The Morgan fingerprint density at radius 1 is 1.23 bits per heavy atom. The van der Waals surface area contributed by atoms with Gasteiger partial charge in [-0.15, -0.1) is 0 Å². The van der Waals surface area contributed by atoms with Crippen molar-refractivity contribution < 1.29 is 14.6 Å². The van der Waals surface area contributed by atoms with E-state index in [4.69, 9.17) is 9.84 Å². The second-order valence-corrected chi connectivity index (χ2v) is 7.26. The summed E-state index contributed by atoms with van der Waals surface area (Å²) in [6.45, 7) is 4.05. The number of ether oxygens (including phenoxy) is 1. The van der Waals surface area contributed by atoms with Crippen LogP contribution < -0.4 is 10.1 Å². The maximum Gasteiger partial charge on any atom is 0.341 e. The third kappa shape index (κ3) is 4.85. The van der Waals surface area contributed by atoms with Crippen LogP contribution in [0.3, 0.4) is 0 Å². The maximum atomic E-state index is 10.7. The summed E-state index contributed by atoms with van der Waals surface area (Å²) < 4.78 is 5.31. The molecular weight excluding hydrogens is 326 g/mol. The third-order valence-electron chi connectivity index (χ3n) is 5.15. The molecule has 1 saturated carbocycles. The molecule has 0 heterocycles. The van der Waals surface area contributed by atoms with Crippen LogP contribution in [0.25, 0.3) is 0 Å². The summed E-state index contributed by atoms with van der Waals surface area (Å²) in [5.74, 6) is 0.172. The fourth-order valence-electron chi connectivity index (χ4n) is 3.83. The Morgan fingerprint density at radius 2 is 2.04 bits per heavy atom. The molecule has 0 saturated heterocycles. The summed E-state index contributed by atoms with van der Waals surface area (Å²) in [5, 5.41) is 12.5. The smallest absolute Gasteiger partial charge is 0.341 e. The van der Waals surface area contributed by atoms with Crippen LogP contribution in [0.15, 0.2) is 48.5 Å². The minimum atomic E-state index is -0.953. The lowest BCUT2D eigenvalue weighted by Gasteiger charge is -2.20. The lowest BCUT2D eigenvalue weighted by atomic mass is 9.97. The first-order chi connectivity index (χ1) is 12.5. The number of hydrogen-bond donors (Lipinski definition) is 2. The van der Waals surface area contributed by atoms with Gasteiger partial charge in [0.15, 0.2) is 6.61 Å². The van der Waals surface area contributed by atoms with Crippen molar-refractivity contribution in [2.45, 2.75) is 51.1 Å². The Kier molecular flexibility index (Phi) is 5.94. The minimum Gasteiger partial charge on any atom is -0.482 e.